The van der Waals surface area contributed by atoms with Crippen LogP contribution in [0.5, 0.6) is 5.75 Å². The van der Waals surface area contributed by atoms with Crippen LogP contribution < -0.4 is 5.32 Å². The third kappa shape index (κ3) is 2.28. The summed E-state index contributed by atoms with van der Waals surface area (Å²) in [4.78, 5) is 12.1. The largest absolute Gasteiger partial charge is 0.506 e. The molecule has 0 spiro atoms. The number of aromatic amines is 1. The van der Waals surface area contributed by atoms with Gasteiger partial charge in [-0.05, 0) is 37.1 Å². The van der Waals surface area contributed by atoms with Crippen LogP contribution in [0, 0.1) is 0 Å². The number of rotatable bonds is 3. The van der Waals surface area contributed by atoms with Crippen molar-refractivity contribution in [1.29, 1.82) is 0 Å². The van der Waals surface area contributed by atoms with E-state index in [-0.39, 0.29) is 5.75 Å². The number of pyridine rings is 2. The molecule has 0 aromatic carbocycles. The monoisotopic (exact) mass is 294 g/mol. The van der Waals surface area contributed by atoms with Gasteiger partial charge in [-0.1, -0.05) is 12.8 Å². The number of aromatic nitrogens is 3. The summed E-state index contributed by atoms with van der Waals surface area (Å²) >= 11 is 0. The second kappa shape index (κ2) is 5.33. The molecule has 22 heavy (non-hydrogen) atoms. The van der Waals surface area contributed by atoms with Crippen molar-refractivity contribution in [1.82, 2.24) is 15.0 Å². The van der Waals surface area contributed by atoms with Crippen molar-refractivity contribution >= 4 is 16.9 Å². The van der Waals surface area contributed by atoms with E-state index in [0.717, 1.165) is 22.4 Å². The van der Waals surface area contributed by atoms with Crippen molar-refractivity contribution in [3.8, 4) is 17.0 Å². The second-order valence-electron chi connectivity index (χ2n) is 5.79. The smallest absolute Gasteiger partial charge is 0.141 e. The average Bonchev–Trinajstić information content (AvgIpc) is 3.18. The van der Waals surface area contributed by atoms with Crippen molar-refractivity contribution in [3.05, 3.63) is 36.7 Å². The molecule has 5 nitrogen and oxygen atoms in total. The predicted molar refractivity (Wildman–Crippen MR) is 86.9 cm³/mol. The highest BCUT2D eigenvalue weighted by atomic mass is 16.3. The predicted octanol–water partition coefficient (Wildman–Crippen LogP) is 3.69. The Balaban J connectivity index is 1.82. The van der Waals surface area contributed by atoms with Gasteiger partial charge in [-0.15, -0.1) is 0 Å². The topological polar surface area (TPSA) is 73.8 Å². The van der Waals surface area contributed by atoms with E-state index >= 15 is 0 Å². The molecular weight excluding hydrogens is 276 g/mol. The molecule has 0 aliphatic heterocycles. The molecule has 3 N–H and O–H groups in total. The molecule has 5 heteroatoms. The molecule has 112 valence electrons. The Labute approximate surface area is 128 Å². The molecule has 0 atom stereocenters. The molecule has 3 heterocycles. The highest BCUT2D eigenvalue weighted by Crippen LogP contribution is 2.34. The zero-order valence-corrected chi connectivity index (χ0v) is 12.2. The van der Waals surface area contributed by atoms with E-state index in [4.69, 9.17) is 0 Å². The summed E-state index contributed by atoms with van der Waals surface area (Å²) < 4.78 is 0. The highest BCUT2D eigenvalue weighted by molar-refractivity contribution is 5.95. The van der Waals surface area contributed by atoms with Crippen LogP contribution in [0.3, 0.4) is 0 Å². The molecule has 1 aliphatic carbocycles. The van der Waals surface area contributed by atoms with Crippen LogP contribution in [0.15, 0.2) is 36.7 Å². The molecular formula is C17H18N4O. The van der Waals surface area contributed by atoms with E-state index in [2.05, 4.69) is 20.3 Å². The Morgan fingerprint density at radius 2 is 2.09 bits per heavy atom. The minimum absolute atomic E-state index is 0.183. The van der Waals surface area contributed by atoms with Crippen LogP contribution >= 0.6 is 0 Å². The molecule has 1 fully saturated rings. The van der Waals surface area contributed by atoms with Gasteiger partial charge >= 0.3 is 0 Å². The summed E-state index contributed by atoms with van der Waals surface area (Å²) in [5, 5.41) is 14.6. The van der Waals surface area contributed by atoms with E-state index in [9.17, 15) is 5.11 Å². The summed E-state index contributed by atoms with van der Waals surface area (Å²) in [6, 6.07) is 7.82. The Hall–Kier alpha value is -2.56. The Morgan fingerprint density at radius 3 is 2.91 bits per heavy atom. The van der Waals surface area contributed by atoms with Crippen LogP contribution in [0.25, 0.3) is 22.3 Å². The zero-order valence-electron chi connectivity index (χ0n) is 12.2. The van der Waals surface area contributed by atoms with Crippen molar-refractivity contribution in [3.63, 3.8) is 0 Å². The maximum absolute atomic E-state index is 10.1. The molecule has 3 aromatic heterocycles. The number of nitrogens with one attached hydrogen (secondary N) is 2. The molecule has 0 bridgehead atoms. The lowest BCUT2D eigenvalue weighted by atomic mass is 10.1. The SMILES string of the molecule is Oc1cccnc1-c1cc(NC2CCCC2)nc2[nH]ccc12. The maximum atomic E-state index is 10.1. The highest BCUT2D eigenvalue weighted by Gasteiger charge is 2.17. The van der Waals surface area contributed by atoms with E-state index in [0.29, 0.717) is 11.7 Å². The second-order valence-corrected chi connectivity index (χ2v) is 5.79. The molecule has 3 aromatic rings. The minimum Gasteiger partial charge on any atom is -0.506 e. The number of hydrogen-bond acceptors (Lipinski definition) is 4. The fourth-order valence-electron chi connectivity index (χ4n) is 3.19. The van der Waals surface area contributed by atoms with Crippen molar-refractivity contribution in [2.75, 3.05) is 5.32 Å². The van der Waals surface area contributed by atoms with E-state index in [1.165, 1.54) is 25.7 Å². The van der Waals surface area contributed by atoms with Crippen molar-refractivity contribution in [2.24, 2.45) is 0 Å². The first-order chi connectivity index (χ1) is 10.8. The maximum Gasteiger partial charge on any atom is 0.141 e. The van der Waals surface area contributed by atoms with Crippen molar-refractivity contribution in [2.45, 2.75) is 31.7 Å². The fraction of sp³-hybridized carbons (Fsp3) is 0.294. The number of aromatic hydroxyl groups is 1. The van der Waals surface area contributed by atoms with Gasteiger partial charge in [0.25, 0.3) is 0 Å². The first-order valence-electron chi connectivity index (χ1n) is 7.70. The Morgan fingerprint density at radius 1 is 1.23 bits per heavy atom. The van der Waals surface area contributed by atoms with Gasteiger partial charge in [-0.3, -0.25) is 4.98 Å². The zero-order chi connectivity index (χ0) is 14.9. The molecule has 0 amide bonds. The molecule has 1 aliphatic rings. The molecule has 0 saturated heterocycles. The van der Waals surface area contributed by atoms with Gasteiger partial charge < -0.3 is 15.4 Å². The first-order valence-corrected chi connectivity index (χ1v) is 7.70. The molecule has 0 unspecified atom stereocenters. The lowest BCUT2D eigenvalue weighted by molar-refractivity contribution is 0.475. The third-order valence-corrected chi connectivity index (χ3v) is 4.28. The quantitative estimate of drug-likeness (QED) is 0.689. The van der Waals surface area contributed by atoms with Crippen LogP contribution in [0.1, 0.15) is 25.7 Å². The number of H-pyrrole nitrogens is 1. The Bertz CT molecular complexity index is 805. The summed E-state index contributed by atoms with van der Waals surface area (Å²) in [5.41, 5.74) is 2.29. The fourth-order valence-corrected chi connectivity index (χ4v) is 3.19. The number of fused-ring (bicyclic) bond motifs is 1. The Kier molecular flexibility index (Phi) is 3.18. The lowest BCUT2D eigenvalue weighted by Crippen LogP contribution is -2.15. The van der Waals surface area contributed by atoms with Gasteiger partial charge in [0.05, 0.1) is 0 Å². The summed E-state index contributed by atoms with van der Waals surface area (Å²) in [5.74, 6) is 1.02. The van der Waals surface area contributed by atoms with Crippen LogP contribution in [-0.4, -0.2) is 26.1 Å². The summed E-state index contributed by atoms with van der Waals surface area (Å²) in [7, 11) is 0. The first kappa shape index (κ1) is 13.1. The molecule has 4 rings (SSSR count). The van der Waals surface area contributed by atoms with E-state index in [1.807, 2.05) is 18.3 Å². The third-order valence-electron chi connectivity index (χ3n) is 4.28. The average molecular weight is 294 g/mol. The van der Waals surface area contributed by atoms with E-state index in [1.54, 1.807) is 18.3 Å². The van der Waals surface area contributed by atoms with Crippen LogP contribution in [-0.2, 0) is 0 Å². The summed E-state index contributed by atoms with van der Waals surface area (Å²) in [6.07, 6.45) is 8.48. The van der Waals surface area contributed by atoms with Gasteiger partial charge in [0.15, 0.2) is 0 Å². The standard InChI is InChI=1S/C17H18N4O/c22-14-6-3-8-18-16(14)13-10-15(20-11-4-1-2-5-11)21-17-12(13)7-9-19-17/h3,6-11,22H,1-2,4-5H2,(H2,19,20,21). The number of anilines is 1. The molecule has 1 saturated carbocycles. The van der Waals surface area contributed by atoms with Gasteiger partial charge in [0.2, 0.25) is 0 Å². The van der Waals surface area contributed by atoms with Gasteiger partial charge in [0.1, 0.15) is 22.9 Å². The summed E-state index contributed by atoms with van der Waals surface area (Å²) in [6.45, 7) is 0. The van der Waals surface area contributed by atoms with Gasteiger partial charge in [-0.2, -0.15) is 0 Å². The van der Waals surface area contributed by atoms with Crippen LogP contribution in [0.2, 0.25) is 0 Å². The van der Waals surface area contributed by atoms with Gasteiger partial charge in [-0.25, -0.2) is 4.98 Å². The van der Waals surface area contributed by atoms with Crippen molar-refractivity contribution < 1.29 is 5.11 Å². The lowest BCUT2D eigenvalue weighted by Gasteiger charge is -2.14. The minimum atomic E-state index is 0.183. The normalized spacial score (nSPS) is 15.5. The number of nitrogens with zero attached hydrogens (tertiary/aromatic N) is 2. The van der Waals surface area contributed by atoms with Gasteiger partial charge in [0, 0.05) is 29.4 Å². The molecule has 0 radical (unpaired) electrons. The number of hydrogen-bond donors (Lipinski definition) is 3. The van der Waals surface area contributed by atoms with E-state index < -0.39 is 0 Å². The van der Waals surface area contributed by atoms with Crippen LogP contribution in [0.4, 0.5) is 5.82 Å².